The van der Waals surface area contributed by atoms with Crippen molar-refractivity contribution in [3.05, 3.63) is 36.2 Å². The molecule has 0 saturated heterocycles. The fourth-order valence-electron chi connectivity index (χ4n) is 1.90. The van der Waals surface area contributed by atoms with E-state index in [0.717, 1.165) is 29.8 Å². The van der Waals surface area contributed by atoms with Crippen LogP contribution in [-0.2, 0) is 11.2 Å². The Kier molecular flexibility index (Phi) is 4.30. The van der Waals surface area contributed by atoms with Gasteiger partial charge in [-0.05, 0) is 18.6 Å². The monoisotopic (exact) mass is 270 g/mol. The van der Waals surface area contributed by atoms with Crippen LogP contribution in [0.15, 0.2) is 30.5 Å². The summed E-state index contributed by atoms with van der Waals surface area (Å²) in [4.78, 5) is 20.1. The predicted molar refractivity (Wildman–Crippen MR) is 80.2 cm³/mol. The summed E-state index contributed by atoms with van der Waals surface area (Å²) in [5, 5.41) is 2.71. The lowest BCUT2D eigenvalue weighted by molar-refractivity contribution is -0.114. The minimum atomic E-state index is -0.142. The molecule has 2 aromatic rings. The number of carbonyl (C=O) groups is 1. The number of hydrogen-bond donors (Lipinski definition) is 2. The topological polar surface area (TPSA) is 80.9 Å². The summed E-state index contributed by atoms with van der Waals surface area (Å²) in [6.07, 6.45) is 3.37. The van der Waals surface area contributed by atoms with E-state index in [9.17, 15) is 4.79 Å². The maximum absolute atomic E-state index is 11.2. The summed E-state index contributed by atoms with van der Waals surface area (Å²) >= 11 is 0. The van der Waals surface area contributed by atoms with Crippen molar-refractivity contribution in [1.29, 1.82) is 0 Å². The number of aryl methyl sites for hydroxylation is 1. The first kappa shape index (κ1) is 14.0. The molecule has 0 aliphatic carbocycles. The van der Waals surface area contributed by atoms with Gasteiger partial charge in [0, 0.05) is 18.2 Å². The molecule has 0 atom stereocenters. The van der Waals surface area contributed by atoms with Gasteiger partial charge in [0.25, 0.3) is 0 Å². The quantitative estimate of drug-likeness (QED) is 0.837. The smallest absolute Gasteiger partial charge is 0.222 e. The van der Waals surface area contributed by atoms with Crippen LogP contribution in [0.5, 0.6) is 0 Å². The Labute approximate surface area is 118 Å². The highest BCUT2D eigenvalue weighted by molar-refractivity contribution is 5.88. The van der Waals surface area contributed by atoms with E-state index in [4.69, 9.17) is 5.73 Å². The largest absolute Gasteiger partial charge is 0.399 e. The van der Waals surface area contributed by atoms with Crippen molar-refractivity contribution in [2.24, 2.45) is 0 Å². The second-order valence-corrected chi connectivity index (χ2v) is 4.60. The third-order valence-electron chi connectivity index (χ3n) is 2.83. The van der Waals surface area contributed by atoms with Crippen molar-refractivity contribution < 1.29 is 4.79 Å². The molecule has 0 fully saturated rings. The fraction of sp³-hybridized carbons (Fsp3) is 0.267. The molecule has 0 unspecified atom stereocenters. The predicted octanol–water partition coefficient (Wildman–Crippen LogP) is 2.64. The van der Waals surface area contributed by atoms with Gasteiger partial charge in [0.05, 0.1) is 17.6 Å². The first-order valence-corrected chi connectivity index (χ1v) is 6.59. The molecule has 0 aliphatic heterocycles. The molecular formula is C15H18N4O. The summed E-state index contributed by atoms with van der Waals surface area (Å²) in [6, 6.07) is 7.48. The van der Waals surface area contributed by atoms with Crippen molar-refractivity contribution in [3.63, 3.8) is 0 Å². The Morgan fingerprint density at radius 1 is 1.30 bits per heavy atom. The van der Waals surface area contributed by atoms with E-state index >= 15 is 0 Å². The van der Waals surface area contributed by atoms with Crippen molar-refractivity contribution in [2.75, 3.05) is 11.1 Å². The Balaban J connectivity index is 2.38. The Hall–Kier alpha value is -2.43. The molecule has 1 aromatic heterocycles. The minimum absolute atomic E-state index is 0.142. The second-order valence-electron chi connectivity index (χ2n) is 4.60. The summed E-state index contributed by atoms with van der Waals surface area (Å²) in [6.45, 7) is 3.53. The molecule has 1 amide bonds. The van der Waals surface area contributed by atoms with Gasteiger partial charge in [-0.25, -0.2) is 9.97 Å². The molecule has 104 valence electrons. The number of anilines is 2. The highest BCUT2D eigenvalue weighted by atomic mass is 16.1. The first-order valence-electron chi connectivity index (χ1n) is 6.59. The number of amides is 1. The molecule has 2 rings (SSSR count). The Morgan fingerprint density at radius 3 is 2.60 bits per heavy atom. The van der Waals surface area contributed by atoms with Gasteiger partial charge in [-0.3, -0.25) is 4.79 Å². The van der Waals surface area contributed by atoms with Gasteiger partial charge in [0.1, 0.15) is 0 Å². The molecule has 0 aliphatic rings. The minimum Gasteiger partial charge on any atom is -0.399 e. The zero-order chi connectivity index (χ0) is 14.5. The number of hydrogen-bond acceptors (Lipinski definition) is 4. The van der Waals surface area contributed by atoms with Crippen LogP contribution >= 0.6 is 0 Å². The van der Waals surface area contributed by atoms with E-state index in [0.29, 0.717) is 11.5 Å². The zero-order valence-electron chi connectivity index (χ0n) is 11.7. The van der Waals surface area contributed by atoms with Crippen LogP contribution in [0.1, 0.15) is 26.0 Å². The molecule has 5 heteroatoms. The van der Waals surface area contributed by atoms with E-state index in [1.165, 1.54) is 6.92 Å². The number of nitrogens with zero attached hydrogens (tertiary/aromatic N) is 2. The van der Waals surface area contributed by atoms with E-state index in [-0.39, 0.29) is 5.91 Å². The van der Waals surface area contributed by atoms with E-state index < -0.39 is 0 Å². The van der Waals surface area contributed by atoms with Crippen LogP contribution in [-0.4, -0.2) is 15.9 Å². The maximum atomic E-state index is 11.2. The standard InChI is InChI=1S/C15H18N4O/c1-3-4-13-15(18-10(2)20)17-9-14(19-13)11-5-7-12(16)8-6-11/h5-9H,3-4,16H2,1-2H3,(H,17,18,20). The van der Waals surface area contributed by atoms with E-state index in [2.05, 4.69) is 22.2 Å². The average molecular weight is 270 g/mol. The molecular weight excluding hydrogens is 252 g/mol. The van der Waals surface area contributed by atoms with Crippen LogP contribution in [0, 0.1) is 0 Å². The molecule has 1 aromatic carbocycles. The fourth-order valence-corrected chi connectivity index (χ4v) is 1.90. The molecule has 3 N–H and O–H groups in total. The molecule has 20 heavy (non-hydrogen) atoms. The first-order chi connectivity index (χ1) is 9.60. The third-order valence-corrected chi connectivity index (χ3v) is 2.83. The molecule has 5 nitrogen and oxygen atoms in total. The van der Waals surface area contributed by atoms with Gasteiger partial charge in [0.2, 0.25) is 5.91 Å². The van der Waals surface area contributed by atoms with Crippen molar-refractivity contribution in [3.8, 4) is 11.3 Å². The SMILES string of the molecule is CCCc1nc(-c2ccc(N)cc2)cnc1NC(C)=O. The van der Waals surface area contributed by atoms with Crippen LogP contribution in [0.4, 0.5) is 11.5 Å². The number of nitrogens with one attached hydrogen (secondary N) is 1. The van der Waals surface area contributed by atoms with Crippen LogP contribution in [0.3, 0.4) is 0 Å². The lowest BCUT2D eigenvalue weighted by Gasteiger charge is -2.09. The lowest BCUT2D eigenvalue weighted by Crippen LogP contribution is -2.11. The van der Waals surface area contributed by atoms with Crippen molar-refractivity contribution in [1.82, 2.24) is 9.97 Å². The highest BCUT2D eigenvalue weighted by Crippen LogP contribution is 2.21. The van der Waals surface area contributed by atoms with Crippen molar-refractivity contribution >= 4 is 17.4 Å². The number of nitrogens with two attached hydrogens (primary N) is 1. The Bertz CT molecular complexity index is 608. The average Bonchev–Trinajstić information content (AvgIpc) is 2.41. The van der Waals surface area contributed by atoms with Crippen LogP contribution < -0.4 is 11.1 Å². The number of aromatic nitrogens is 2. The maximum Gasteiger partial charge on any atom is 0.222 e. The third kappa shape index (κ3) is 3.32. The Morgan fingerprint density at radius 2 is 2.00 bits per heavy atom. The van der Waals surface area contributed by atoms with Gasteiger partial charge >= 0.3 is 0 Å². The molecule has 0 saturated carbocycles. The van der Waals surface area contributed by atoms with Gasteiger partial charge in [-0.15, -0.1) is 0 Å². The van der Waals surface area contributed by atoms with Crippen LogP contribution in [0.2, 0.25) is 0 Å². The number of carbonyl (C=O) groups excluding carboxylic acids is 1. The van der Waals surface area contributed by atoms with E-state index in [1.807, 2.05) is 24.3 Å². The zero-order valence-corrected chi connectivity index (χ0v) is 11.7. The lowest BCUT2D eigenvalue weighted by atomic mass is 10.1. The van der Waals surface area contributed by atoms with Gasteiger partial charge in [0.15, 0.2) is 5.82 Å². The normalized spacial score (nSPS) is 10.3. The molecule has 0 spiro atoms. The molecule has 1 heterocycles. The van der Waals surface area contributed by atoms with Gasteiger partial charge < -0.3 is 11.1 Å². The van der Waals surface area contributed by atoms with Gasteiger partial charge in [-0.2, -0.15) is 0 Å². The van der Waals surface area contributed by atoms with Gasteiger partial charge in [-0.1, -0.05) is 25.5 Å². The summed E-state index contributed by atoms with van der Waals surface area (Å²) in [5.74, 6) is 0.399. The summed E-state index contributed by atoms with van der Waals surface area (Å²) in [5.41, 5.74) is 8.93. The number of nitrogen functional groups attached to an aromatic ring is 1. The molecule has 0 radical (unpaired) electrons. The summed E-state index contributed by atoms with van der Waals surface area (Å²) < 4.78 is 0. The highest BCUT2D eigenvalue weighted by Gasteiger charge is 2.09. The second kappa shape index (κ2) is 6.14. The van der Waals surface area contributed by atoms with E-state index in [1.54, 1.807) is 6.20 Å². The van der Waals surface area contributed by atoms with Crippen LogP contribution in [0.25, 0.3) is 11.3 Å². The molecule has 0 bridgehead atoms. The number of benzene rings is 1. The summed E-state index contributed by atoms with van der Waals surface area (Å²) in [7, 11) is 0. The van der Waals surface area contributed by atoms with Crippen molar-refractivity contribution in [2.45, 2.75) is 26.7 Å². The number of rotatable bonds is 4.